The smallest absolute Gasteiger partial charge is 0.270 e. The Labute approximate surface area is 350 Å². The molecule has 0 radical (unpaired) electrons. The van der Waals surface area contributed by atoms with Crippen LogP contribution in [-0.4, -0.2) is 119 Å². The number of anilines is 3. The van der Waals surface area contributed by atoms with Crippen molar-refractivity contribution in [1.29, 1.82) is 0 Å². The number of aromatic nitrogens is 6. The van der Waals surface area contributed by atoms with Crippen molar-refractivity contribution >= 4 is 45.0 Å². The summed E-state index contributed by atoms with van der Waals surface area (Å²) in [5, 5.41) is 8.34. The molecule has 9 rings (SSSR count). The Hall–Kier alpha value is -5.45. The molecular formula is C44H55N11O5. The van der Waals surface area contributed by atoms with Crippen LogP contribution in [0.25, 0.3) is 21.8 Å². The quantitative estimate of drug-likeness (QED) is 0.163. The summed E-state index contributed by atoms with van der Waals surface area (Å²) in [6, 6.07) is 10.5. The lowest BCUT2D eigenvalue weighted by molar-refractivity contribution is 0.0396. The molecule has 2 aliphatic heterocycles. The van der Waals surface area contributed by atoms with E-state index in [-0.39, 0.29) is 36.3 Å². The van der Waals surface area contributed by atoms with Crippen LogP contribution in [0.15, 0.2) is 48.9 Å². The van der Waals surface area contributed by atoms with E-state index >= 15 is 0 Å². The lowest BCUT2D eigenvalue weighted by atomic mass is 9.93. The Morgan fingerprint density at radius 1 is 0.767 bits per heavy atom. The third-order valence-electron chi connectivity index (χ3n) is 12.1. The van der Waals surface area contributed by atoms with E-state index in [9.17, 15) is 4.79 Å². The number of hydrogen-bond donors (Lipinski definition) is 3. The Morgan fingerprint density at radius 2 is 1.37 bits per heavy atom. The van der Waals surface area contributed by atoms with E-state index in [2.05, 4.69) is 64.6 Å². The van der Waals surface area contributed by atoms with Gasteiger partial charge in [0.1, 0.15) is 28.8 Å². The van der Waals surface area contributed by atoms with Crippen LogP contribution in [0.4, 0.5) is 17.3 Å². The Morgan fingerprint density at radius 3 is 2.02 bits per heavy atom. The number of fused-ring (bicyclic) bond motifs is 2. The SMILES string of the molecule is Cc1ncc2c(OC3CCC(N)CC3)cc(N3CCOC(CNC(=O)c4ccnc(NC5CCC(Oc6cc(N7CCOCC7)cc7nc(C)ncc67)CC5)n4)C3)cc2n1. The fourth-order valence-corrected chi connectivity index (χ4v) is 8.75. The molecule has 0 spiro atoms. The number of nitrogens with two attached hydrogens (primary N) is 1. The average Bonchev–Trinajstić information content (AvgIpc) is 3.27. The minimum atomic E-state index is -0.273. The number of hydrogen-bond acceptors (Lipinski definition) is 15. The van der Waals surface area contributed by atoms with E-state index in [1.807, 2.05) is 26.2 Å². The molecule has 4 N–H and O–H groups in total. The van der Waals surface area contributed by atoms with Crippen molar-refractivity contribution in [1.82, 2.24) is 35.2 Å². The summed E-state index contributed by atoms with van der Waals surface area (Å²) in [6.07, 6.45) is 12.6. The zero-order valence-corrected chi connectivity index (χ0v) is 34.5. The molecule has 0 bridgehead atoms. The topological polar surface area (TPSA) is 188 Å². The number of morpholine rings is 2. The van der Waals surface area contributed by atoms with E-state index in [1.54, 1.807) is 12.3 Å². The van der Waals surface area contributed by atoms with Crippen molar-refractivity contribution in [3.63, 3.8) is 0 Å². The van der Waals surface area contributed by atoms with Crippen molar-refractivity contribution in [2.75, 3.05) is 67.7 Å². The largest absolute Gasteiger partial charge is 0.490 e. The van der Waals surface area contributed by atoms with Gasteiger partial charge in [-0.3, -0.25) is 4.79 Å². The van der Waals surface area contributed by atoms with Crippen LogP contribution in [0.5, 0.6) is 11.5 Å². The number of aryl methyl sites for hydroxylation is 2. The molecule has 1 amide bonds. The summed E-state index contributed by atoms with van der Waals surface area (Å²) in [5.74, 6) is 3.21. The van der Waals surface area contributed by atoms with Gasteiger partial charge >= 0.3 is 0 Å². The van der Waals surface area contributed by atoms with Gasteiger partial charge in [-0.25, -0.2) is 29.9 Å². The molecule has 2 aliphatic carbocycles. The highest BCUT2D eigenvalue weighted by atomic mass is 16.5. The molecule has 2 saturated carbocycles. The standard InChI is InChI=1S/C44H55N11O5/c1-27-47-24-36-39(50-27)19-31(54-13-16-57-17-14-54)21-41(36)60-34-9-5-30(6-10-34)52-44-46-12-11-38(53-44)43(56)49-23-35-26-55(15-18-58-35)32-20-40-37(25-48-28(2)51-40)42(22-32)59-33-7-3-29(45)4-8-33/h11-12,19-22,24-25,29-30,33-35H,3-10,13-18,23,26,45H2,1-2H3,(H,49,56)(H,46,52,53). The molecule has 2 saturated heterocycles. The highest BCUT2D eigenvalue weighted by molar-refractivity contribution is 5.92. The first kappa shape index (κ1) is 40.0. The summed E-state index contributed by atoms with van der Waals surface area (Å²) in [6.45, 7) is 9.06. The molecule has 4 aliphatic rings. The molecule has 316 valence electrons. The summed E-state index contributed by atoms with van der Waals surface area (Å²) < 4.78 is 25.0. The van der Waals surface area contributed by atoms with Gasteiger partial charge in [0.15, 0.2) is 0 Å². The first-order valence-electron chi connectivity index (χ1n) is 21.5. The van der Waals surface area contributed by atoms with Gasteiger partial charge in [0.2, 0.25) is 5.95 Å². The second-order valence-corrected chi connectivity index (χ2v) is 16.5. The molecule has 16 nitrogen and oxygen atoms in total. The lowest BCUT2D eigenvalue weighted by Crippen LogP contribution is -2.47. The van der Waals surface area contributed by atoms with Gasteiger partial charge in [-0.05, 0) is 83.4 Å². The van der Waals surface area contributed by atoms with E-state index < -0.39 is 0 Å². The minimum absolute atomic E-state index is 0.0553. The maximum absolute atomic E-state index is 13.4. The van der Waals surface area contributed by atoms with E-state index in [1.165, 1.54) is 0 Å². The number of rotatable bonds is 11. The van der Waals surface area contributed by atoms with Crippen LogP contribution in [0.2, 0.25) is 0 Å². The first-order chi connectivity index (χ1) is 29.3. The third-order valence-corrected chi connectivity index (χ3v) is 12.1. The first-order valence-corrected chi connectivity index (χ1v) is 21.5. The molecule has 5 heterocycles. The van der Waals surface area contributed by atoms with Gasteiger partial charge in [-0.1, -0.05) is 0 Å². The highest BCUT2D eigenvalue weighted by Crippen LogP contribution is 2.36. The van der Waals surface area contributed by atoms with Crippen LogP contribution < -0.4 is 35.6 Å². The van der Waals surface area contributed by atoms with Gasteiger partial charge in [-0.2, -0.15) is 0 Å². The van der Waals surface area contributed by atoms with Crippen LogP contribution in [-0.2, 0) is 9.47 Å². The number of carbonyl (C=O) groups is 1. The van der Waals surface area contributed by atoms with Crippen LogP contribution in [0.1, 0.15) is 73.5 Å². The van der Waals surface area contributed by atoms with Crippen LogP contribution in [0.3, 0.4) is 0 Å². The molecule has 2 aromatic carbocycles. The Bertz CT molecular complexity index is 2290. The number of nitrogens with one attached hydrogen (secondary N) is 2. The fourth-order valence-electron chi connectivity index (χ4n) is 8.75. The summed E-state index contributed by atoms with van der Waals surface area (Å²) in [4.78, 5) is 45.4. The summed E-state index contributed by atoms with van der Waals surface area (Å²) in [5.41, 5.74) is 10.3. The number of ether oxygens (including phenoxy) is 4. The zero-order valence-electron chi connectivity index (χ0n) is 34.5. The van der Waals surface area contributed by atoms with Gasteiger partial charge < -0.3 is 45.1 Å². The number of benzene rings is 2. The molecule has 1 atom stereocenters. The van der Waals surface area contributed by atoms with Gasteiger partial charge in [0, 0.05) is 86.9 Å². The van der Waals surface area contributed by atoms with Crippen molar-refractivity contribution in [3.8, 4) is 11.5 Å². The molecule has 1 unspecified atom stereocenters. The molecule has 5 aromatic rings. The second-order valence-electron chi connectivity index (χ2n) is 16.5. The van der Waals surface area contributed by atoms with Crippen LogP contribution in [0, 0.1) is 13.8 Å². The number of nitrogens with zero attached hydrogens (tertiary/aromatic N) is 8. The predicted molar refractivity (Wildman–Crippen MR) is 229 cm³/mol. The molecule has 4 fully saturated rings. The minimum Gasteiger partial charge on any atom is -0.490 e. The van der Waals surface area contributed by atoms with Crippen molar-refractivity contribution in [3.05, 3.63) is 66.3 Å². The summed E-state index contributed by atoms with van der Waals surface area (Å²) >= 11 is 0. The number of amides is 1. The number of carbonyl (C=O) groups excluding carboxylic acids is 1. The normalized spacial score (nSPS) is 23.7. The average molecular weight is 818 g/mol. The maximum atomic E-state index is 13.4. The van der Waals surface area contributed by atoms with Gasteiger partial charge in [-0.15, -0.1) is 0 Å². The van der Waals surface area contributed by atoms with E-state index in [0.29, 0.717) is 56.9 Å². The Kier molecular flexibility index (Phi) is 12.0. The maximum Gasteiger partial charge on any atom is 0.270 e. The molecular weight excluding hydrogens is 763 g/mol. The van der Waals surface area contributed by atoms with Crippen molar-refractivity contribution < 1.29 is 23.7 Å². The van der Waals surface area contributed by atoms with Crippen molar-refractivity contribution in [2.45, 2.75) is 95.6 Å². The van der Waals surface area contributed by atoms with Crippen LogP contribution >= 0.6 is 0 Å². The fraction of sp³-hybridized carbons (Fsp3) is 0.523. The van der Waals surface area contributed by atoms with E-state index in [4.69, 9.17) is 34.6 Å². The van der Waals surface area contributed by atoms with Gasteiger partial charge in [0.05, 0.1) is 59.9 Å². The highest BCUT2D eigenvalue weighted by Gasteiger charge is 2.27. The predicted octanol–water partition coefficient (Wildman–Crippen LogP) is 4.90. The lowest BCUT2D eigenvalue weighted by Gasteiger charge is -2.35. The molecule has 16 heteroatoms. The Balaban J connectivity index is 0.786. The summed E-state index contributed by atoms with van der Waals surface area (Å²) in [7, 11) is 0. The molecule has 60 heavy (non-hydrogen) atoms. The molecule has 3 aromatic heterocycles. The monoisotopic (exact) mass is 817 g/mol. The zero-order chi connectivity index (χ0) is 41.0. The third kappa shape index (κ3) is 9.45. The second kappa shape index (κ2) is 18.0. The van der Waals surface area contributed by atoms with Crippen molar-refractivity contribution in [2.24, 2.45) is 5.73 Å². The van der Waals surface area contributed by atoms with Gasteiger partial charge in [0.25, 0.3) is 5.91 Å². The van der Waals surface area contributed by atoms with E-state index in [0.717, 1.165) is 115 Å².